The third-order valence-corrected chi connectivity index (χ3v) is 2.81. The first kappa shape index (κ1) is 13.3. The molecule has 1 aromatic carbocycles. The van der Waals surface area contributed by atoms with Crippen molar-refractivity contribution in [2.24, 2.45) is 0 Å². The first-order valence-electron chi connectivity index (χ1n) is 4.63. The van der Waals surface area contributed by atoms with Crippen LogP contribution in [0, 0.1) is 0 Å². The van der Waals surface area contributed by atoms with Crippen LogP contribution in [0.15, 0.2) is 24.3 Å². The molecule has 0 aliphatic carbocycles. The zero-order valence-electron chi connectivity index (χ0n) is 9.14. The van der Waals surface area contributed by atoms with Crippen molar-refractivity contribution in [3.05, 3.63) is 29.8 Å². The van der Waals surface area contributed by atoms with Gasteiger partial charge in [-0.1, -0.05) is 12.1 Å². The Bertz CT molecular complexity index is 483. The number of benzene rings is 1. The fourth-order valence-electron chi connectivity index (χ4n) is 1.00. The summed E-state index contributed by atoms with van der Waals surface area (Å²) >= 11 is 0. The SMILES string of the molecule is COC(=O)NS(=O)(=O)NCc1ccc(N)cc1. The van der Waals surface area contributed by atoms with Crippen LogP contribution in [0.25, 0.3) is 0 Å². The van der Waals surface area contributed by atoms with E-state index in [2.05, 4.69) is 9.46 Å². The van der Waals surface area contributed by atoms with Crippen molar-refractivity contribution in [2.75, 3.05) is 12.8 Å². The van der Waals surface area contributed by atoms with Crippen molar-refractivity contribution in [1.82, 2.24) is 9.44 Å². The Morgan fingerprint density at radius 1 is 1.35 bits per heavy atom. The quantitative estimate of drug-likeness (QED) is 0.657. The average Bonchev–Trinajstić information content (AvgIpc) is 2.28. The zero-order valence-corrected chi connectivity index (χ0v) is 9.95. The van der Waals surface area contributed by atoms with Gasteiger partial charge in [0.1, 0.15) is 0 Å². The number of anilines is 1. The first-order valence-corrected chi connectivity index (χ1v) is 6.11. The number of carbonyl (C=O) groups is 1. The number of nitrogens with one attached hydrogen (secondary N) is 2. The van der Waals surface area contributed by atoms with Gasteiger partial charge in [0.2, 0.25) is 0 Å². The van der Waals surface area contributed by atoms with E-state index in [1.54, 1.807) is 29.0 Å². The molecule has 17 heavy (non-hydrogen) atoms. The van der Waals surface area contributed by atoms with E-state index < -0.39 is 16.3 Å². The lowest BCUT2D eigenvalue weighted by molar-refractivity contribution is 0.177. The van der Waals surface area contributed by atoms with Crippen LogP contribution in [-0.2, 0) is 21.5 Å². The molecule has 94 valence electrons. The predicted molar refractivity (Wildman–Crippen MR) is 62.2 cm³/mol. The maximum absolute atomic E-state index is 11.3. The Morgan fingerprint density at radius 3 is 2.47 bits per heavy atom. The van der Waals surface area contributed by atoms with E-state index in [-0.39, 0.29) is 6.54 Å². The number of hydrogen-bond acceptors (Lipinski definition) is 5. The van der Waals surface area contributed by atoms with Gasteiger partial charge in [-0.05, 0) is 17.7 Å². The van der Waals surface area contributed by atoms with Gasteiger partial charge in [0.25, 0.3) is 0 Å². The van der Waals surface area contributed by atoms with Crippen LogP contribution in [0.2, 0.25) is 0 Å². The highest BCUT2D eigenvalue weighted by atomic mass is 32.2. The molecule has 0 aliphatic rings. The van der Waals surface area contributed by atoms with E-state index in [0.717, 1.165) is 12.7 Å². The van der Waals surface area contributed by atoms with Gasteiger partial charge in [-0.25, -0.2) is 9.52 Å². The molecular formula is C9H13N3O4S. The number of amides is 1. The maximum atomic E-state index is 11.3. The largest absolute Gasteiger partial charge is 0.452 e. The zero-order chi connectivity index (χ0) is 12.9. The molecule has 0 saturated carbocycles. The molecule has 8 heteroatoms. The van der Waals surface area contributed by atoms with E-state index in [0.29, 0.717) is 5.69 Å². The van der Waals surface area contributed by atoms with Gasteiger partial charge in [-0.2, -0.15) is 13.1 Å². The fraction of sp³-hybridized carbons (Fsp3) is 0.222. The highest BCUT2D eigenvalue weighted by molar-refractivity contribution is 7.88. The molecule has 0 radical (unpaired) electrons. The molecule has 0 aromatic heterocycles. The summed E-state index contributed by atoms with van der Waals surface area (Å²) in [7, 11) is -2.83. The molecule has 0 fully saturated rings. The summed E-state index contributed by atoms with van der Waals surface area (Å²) in [6.45, 7) is 0.0482. The van der Waals surface area contributed by atoms with Crippen LogP contribution in [0.5, 0.6) is 0 Å². The second kappa shape index (κ2) is 5.51. The minimum absolute atomic E-state index is 0.0482. The van der Waals surface area contributed by atoms with E-state index in [9.17, 15) is 13.2 Å². The summed E-state index contributed by atoms with van der Waals surface area (Å²) in [4.78, 5) is 10.7. The molecule has 7 nitrogen and oxygen atoms in total. The van der Waals surface area contributed by atoms with Crippen molar-refractivity contribution < 1.29 is 17.9 Å². The van der Waals surface area contributed by atoms with Crippen LogP contribution < -0.4 is 15.2 Å². The second-order valence-electron chi connectivity index (χ2n) is 3.16. The fourth-order valence-corrected chi connectivity index (χ4v) is 1.73. The van der Waals surface area contributed by atoms with Crippen LogP contribution in [0.4, 0.5) is 10.5 Å². The van der Waals surface area contributed by atoms with Gasteiger partial charge in [0.15, 0.2) is 0 Å². The molecule has 0 heterocycles. The Balaban J connectivity index is 2.55. The van der Waals surface area contributed by atoms with Crippen molar-refractivity contribution >= 4 is 22.0 Å². The minimum atomic E-state index is -3.91. The number of ether oxygens (including phenoxy) is 1. The van der Waals surface area contributed by atoms with E-state index in [1.807, 2.05) is 0 Å². The molecule has 0 bridgehead atoms. The van der Waals surface area contributed by atoms with E-state index in [1.165, 1.54) is 0 Å². The summed E-state index contributed by atoms with van der Waals surface area (Å²) in [5, 5.41) is 0. The van der Waals surface area contributed by atoms with Gasteiger partial charge in [-0.3, -0.25) is 0 Å². The lowest BCUT2D eigenvalue weighted by Gasteiger charge is -2.07. The molecule has 0 atom stereocenters. The summed E-state index contributed by atoms with van der Waals surface area (Å²) in [6.07, 6.45) is -1.05. The van der Waals surface area contributed by atoms with Crippen molar-refractivity contribution in [1.29, 1.82) is 0 Å². The summed E-state index contributed by atoms with van der Waals surface area (Å²) in [5.74, 6) is 0. The number of methoxy groups -OCH3 is 1. The standard InChI is InChI=1S/C9H13N3O4S/c1-16-9(13)12-17(14,15)11-6-7-2-4-8(10)5-3-7/h2-5,11H,6,10H2,1H3,(H,12,13). The second-order valence-corrected chi connectivity index (χ2v) is 4.66. The Morgan fingerprint density at radius 2 is 1.94 bits per heavy atom. The Labute approximate surface area is 99.1 Å². The van der Waals surface area contributed by atoms with Crippen molar-refractivity contribution in [2.45, 2.75) is 6.54 Å². The first-order chi connectivity index (χ1) is 7.93. The highest BCUT2D eigenvalue weighted by Gasteiger charge is 2.13. The average molecular weight is 259 g/mol. The van der Waals surface area contributed by atoms with Crippen LogP contribution in [0.1, 0.15) is 5.56 Å². The number of hydrogen-bond donors (Lipinski definition) is 3. The van der Waals surface area contributed by atoms with Gasteiger partial charge >= 0.3 is 16.3 Å². The molecule has 0 spiro atoms. The minimum Gasteiger partial charge on any atom is -0.452 e. The smallest absolute Gasteiger partial charge is 0.421 e. The van der Waals surface area contributed by atoms with Gasteiger partial charge in [0.05, 0.1) is 7.11 Å². The predicted octanol–water partition coefficient (Wildman–Crippen LogP) is -0.0408. The lowest BCUT2D eigenvalue weighted by Crippen LogP contribution is -2.39. The summed E-state index contributed by atoms with van der Waals surface area (Å²) in [5.41, 5.74) is 6.78. The van der Waals surface area contributed by atoms with Crippen molar-refractivity contribution in [3.8, 4) is 0 Å². The molecule has 0 saturated heterocycles. The monoisotopic (exact) mass is 259 g/mol. The topological polar surface area (TPSA) is 111 Å². The molecule has 0 unspecified atom stereocenters. The van der Waals surface area contributed by atoms with Crippen LogP contribution in [0.3, 0.4) is 0 Å². The molecule has 0 aliphatic heterocycles. The summed E-state index contributed by atoms with van der Waals surface area (Å²) in [6, 6.07) is 6.65. The molecule has 1 aromatic rings. The lowest BCUT2D eigenvalue weighted by atomic mass is 10.2. The number of carbonyl (C=O) groups excluding carboxylic acids is 1. The van der Waals surface area contributed by atoms with Gasteiger partial charge in [-0.15, -0.1) is 0 Å². The van der Waals surface area contributed by atoms with Gasteiger partial charge < -0.3 is 10.5 Å². The number of nitrogens with two attached hydrogens (primary N) is 1. The molecule has 1 amide bonds. The maximum Gasteiger partial charge on any atom is 0.421 e. The summed E-state index contributed by atoms with van der Waals surface area (Å²) < 4.78 is 30.6. The van der Waals surface area contributed by atoms with E-state index in [4.69, 9.17) is 5.73 Å². The number of rotatable bonds is 4. The van der Waals surface area contributed by atoms with Gasteiger partial charge in [0, 0.05) is 12.2 Å². The van der Waals surface area contributed by atoms with Crippen molar-refractivity contribution in [3.63, 3.8) is 0 Å². The van der Waals surface area contributed by atoms with Crippen LogP contribution in [-0.4, -0.2) is 21.6 Å². The molecular weight excluding hydrogens is 246 g/mol. The molecule has 1 rings (SSSR count). The third-order valence-electron chi connectivity index (χ3n) is 1.85. The molecule has 4 N–H and O–H groups in total. The normalized spacial score (nSPS) is 10.9. The number of nitrogen functional groups attached to an aromatic ring is 1. The Hall–Kier alpha value is -1.80. The van der Waals surface area contributed by atoms with Crippen LogP contribution >= 0.6 is 0 Å². The Kier molecular flexibility index (Phi) is 4.30. The van der Waals surface area contributed by atoms with E-state index >= 15 is 0 Å². The highest BCUT2D eigenvalue weighted by Crippen LogP contribution is 2.05. The third kappa shape index (κ3) is 4.70.